The molecule has 1 amide bonds. The van der Waals surface area contributed by atoms with Gasteiger partial charge in [-0.15, -0.1) is 0 Å². The van der Waals surface area contributed by atoms with Crippen molar-refractivity contribution in [2.24, 2.45) is 11.7 Å². The predicted molar refractivity (Wildman–Crippen MR) is 77.1 cm³/mol. The Morgan fingerprint density at radius 1 is 1.42 bits per heavy atom. The molecule has 0 radical (unpaired) electrons. The Labute approximate surface area is 115 Å². The van der Waals surface area contributed by atoms with E-state index in [4.69, 9.17) is 10.5 Å². The smallest absolute Gasteiger partial charge is 0.237 e. The number of hydrogen-bond donors (Lipinski definition) is 2. The minimum absolute atomic E-state index is 0.0794. The molecule has 0 aliphatic carbocycles. The topological polar surface area (TPSA) is 64.4 Å². The number of nitrogens with two attached hydrogens (primary N) is 1. The van der Waals surface area contributed by atoms with E-state index in [0.29, 0.717) is 6.54 Å². The van der Waals surface area contributed by atoms with Crippen molar-refractivity contribution in [1.29, 1.82) is 0 Å². The number of methoxy groups -OCH3 is 1. The van der Waals surface area contributed by atoms with E-state index in [0.717, 1.165) is 24.2 Å². The number of benzene rings is 1. The number of para-hydroxylation sites is 1. The Morgan fingerprint density at radius 2 is 2.11 bits per heavy atom. The van der Waals surface area contributed by atoms with Gasteiger partial charge in [0.05, 0.1) is 13.2 Å². The molecule has 106 valence electrons. The van der Waals surface area contributed by atoms with Crippen LogP contribution in [0, 0.1) is 5.92 Å². The van der Waals surface area contributed by atoms with Gasteiger partial charge in [0, 0.05) is 6.54 Å². The molecule has 4 nitrogen and oxygen atoms in total. The molecule has 0 fully saturated rings. The predicted octanol–water partition coefficient (Wildman–Crippen LogP) is 1.73. The maximum atomic E-state index is 11.8. The molecule has 19 heavy (non-hydrogen) atoms. The first-order chi connectivity index (χ1) is 9.10. The molecule has 2 atom stereocenters. The lowest BCUT2D eigenvalue weighted by Gasteiger charge is -2.17. The summed E-state index contributed by atoms with van der Waals surface area (Å²) in [6.07, 6.45) is 1.64. The van der Waals surface area contributed by atoms with Gasteiger partial charge in [0.15, 0.2) is 0 Å². The summed E-state index contributed by atoms with van der Waals surface area (Å²) in [5.74, 6) is 0.971. The highest BCUT2D eigenvalue weighted by molar-refractivity contribution is 5.81. The van der Waals surface area contributed by atoms with E-state index in [1.165, 1.54) is 0 Å². The lowest BCUT2D eigenvalue weighted by atomic mass is 9.99. The largest absolute Gasteiger partial charge is 0.496 e. The second kappa shape index (κ2) is 7.79. The summed E-state index contributed by atoms with van der Waals surface area (Å²) in [6, 6.07) is 7.38. The Bertz CT molecular complexity index is 407. The van der Waals surface area contributed by atoms with Gasteiger partial charge in [-0.25, -0.2) is 0 Å². The first kappa shape index (κ1) is 15.5. The number of hydrogen-bond acceptors (Lipinski definition) is 3. The number of amides is 1. The van der Waals surface area contributed by atoms with Crippen LogP contribution in [0.25, 0.3) is 0 Å². The number of ether oxygens (including phenoxy) is 1. The standard InChI is InChI=1S/C15H24N2O2/c1-4-11(2)14(16)15(18)17-10-9-12-7-5-6-8-13(12)19-3/h5-8,11,14H,4,9-10,16H2,1-3H3,(H,17,18)/t11?,14-/m0/s1. The normalized spacial score (nSPS) is 13.7. The zero-order chi connectivity index (χ0) is 14.3. The lowest BCUT2D eigenvalue weighted by molar-refractivity contribution is -0.123. The molecule has 1 aromatic carbocycles. The van der Waals surface area contributed by atoms with Crippen molar-refractivity contribution >= 4 is 5.91 Å². The molecule has 3 N–H and O–H groups in total. The SMILES string of the molecule is CCC(C)[C@H](N)C(=O)NCCc1ccccc1OC. The van der Waals surface area contributed by atoms with E-state index in [1.807, 2.05) is 38.1 Å². The van der Waals surface area contributed by atoms with Gasteiger partial charge in [0.25, 0.3) is 0 Å². The fraction of sp³-hybridized carbons (Fsp3) is 0.533. The summed E-state index contributed by atoms with van der Waals surface area (Å²) in [5, 5.41) is 2.88. The highest BCUT2D eigenvalue weighted by atomic mass is 16.5. The van der Waals surface area contributed by atoms with Crippen LogP contribution in [0.3, 0.4) is 0 Å². The van der Waals surface area contributed by atoms with E-state index < -0.39 is 6.04 Å². The molecule has 0 aliphatic rings. The quantitative estimate of drug-likeness (QED) is 0.788. The molecule has 0 spiro atoms. The van der Waals surface area contributed by atoms with Crippen molar-refractivity contribution in [1.82, 2.24) is 5.32 Å². The van der Waals surface area contributed by atoms with Gasteiger partial charge in [-0.05, 0) is 24.0 Å². The van der Waals surface area contributed by atoms with E-state index in [-0.39, 0.29) is 11.8 Å². The Kier molecular flexibility index (Phi) is 6.36. The van der Waals surface area contributed by atoms with Crippen LogP contribution < -0.4 is 15.8 Å². The van der Waals surface area contributed by atoms with Crippen molar-refractivity contribution in [2.75, 3.05) is 13.7 Å². The van der Waals surface area contributed by atoms with Gasteiger partial charge < -0.3 is 15.8 Å². The van der Waals surface area contributed by atoms with Gasteiger partial charge in [-0.3, -0.25) is 4.79 Å². The summed E-state index contributed by atoms with van der Waals surface area (Å²) in [5.41, 5.74) is 6.96. The van der Waals surface area contributed by atoms with Gasteiger partial charge >= 0.3 is 0 Å². The van der Waals surface area contributed by atoms with Gasteiger partial charge in [-0.1, -0.05) is 38.5 Å². The molecule has 0 saturated heterocycles. The third-order valence-electron chi connectivity index (χ3n) is 3.45. The second-order valence-electron chi connectivity index (χ2n) is 4.76. The van der Waals surface area contributed by atoms with Crippen LogP contribution in [0.2, 0.25) is 0 Å². The third-order valence-corrected chi connectivity index (χ3v) is 3.45. The van der Waals surface area contributed by atoms with Crippen LogP contribution in [0.4, 0.5) is 0 Å². The van der Waals surface area contributed by atoms with Crippen LogP contribution in [0.5, 0.6) is 5.75 Å². The molecule has 1 unspecified atom stereocenters. The molecule has 4 heteroatoms. The van der Waals surface area contributed by atoms with Crippen LogP contribution in [-0.4, -0.2) is 25.6 Å². The van der Waals surface area contributed by atoms with Crippen LogP contribution in [-0.2, 0) is 11.2 Å². The molecule has 0 bridgehead atoms. The molecule has 1 aromatic rings. The molecule has 0 heterocycles. The summed E-state index contributed by atoms with van der Waals surface area (Å²) >= 11 is 0. The van der Waals surface area contributed by atoms with Gasteiger partial charge in [0.1, 0.15) is 5.75 Å². The highest BCUT2D eigenvalue weighted by Crippen LogP contribution is 2.17. The molecular formula is C15H24N2O2. The summed E-state index contributed by atoms with van der Waals surface area (Å²) in [7, 11) is 1.65. The minimum atomic E-state index is -0.428. The van der Waals surface area contributed by atoms with Gasteiger partial charge in [0.2, 0.25) is 5.91 Å². The molecule has 0 saturated carbocycles. The zero-order valence-electron chi connectivity index (χ0n) is 12.0. The van der Waals surface area contributed by atoms with Crippen LogP contribution in [0.1, 0.15) is 25.8 Å². The average molecular weight is 264 g/mol. The maximum Gasteiger partial charge on any atom is 0.237 e. The van der Waals surface area contributed by atoms with Crippen LogP contribution >= 0.6 is 0 Å². The Morgan fingerprint density at radius 3 is 2.74 bits per heavy atom. The van der Waals surface area contributed by atoms with Crippen molar-refractivity contribution < 1.29 is 9.53 Å². The number of carbonyl (C=O) groups excluding carboxylic acids is 1. The molecular weight excluding hydrogens is 240 g/mol. The van der Waals surface area contributed by atoms with Crippen molar-refractivity contribution in [3.05, 3.63) is 29.8 Å². The Balaban J connectivity index is 2.44. The number of nitrogens with one attached hydrogen (secondary N) is 1. The summed E-state index contributed by atoms with van der Waals surface area (Å²) < 4.78 is 5.27. The van der Waals surface area contributed by atoms with E-state index in [1.54, 1.807) is 7.11 Å². The minimum Gasteiger partial charge on any atom is -0.496 e. The third kappa shape index (κ3) is 4.56. The second-order valence-corrected chi connectivity index (χ2v) is 4.76. The molecule has 1 rings (SSSR count). The monoisotopic (exact) mass is 264 g/mol. The lowest BCUT2D eigenvalue weighted by Crippen LogP contribution is -2.45. The average Bonchev–Trinajstić information content (AvgIpc) is 2.45. The van der Waals surface area contributed by atoms with E-state index in [2.05, 4.69) is 5.32 Å². The van der Waals surface area contributed by atoms with Crippen molar-refractivity contribution in [3.63, 3.8) is 0 Å². The van der Waals surface area contributed by atoms with Crippen molar-refractivity contribution in [2.45, 2.75) is 32.7 Å². The number of carbonyl (C=O) groups is 1. The first-order valence-corrected chi connectivity index (χ1v) is 6.75. The molecule has 0 aliphatic heterocycles. The maximum absolute atomic E-state index is 11.8. The van der Waals surface area contributed by atoms with E-state index in [9.17, 15) is 4.79 Å². The first-order valence-electron chi connectivity index (χ1n) is 6.75. The van der Waals surface area contributed by atoms with Crippen LogP contribution in [0.15, 0.2) is 24.3 Å². The van der Waals surface area contributed by atoms with Gasteiger partial charge in [-0.2, -0.15) is 0 Å². The fourth-order valence-corrected chi connectivity index (χ4v) is 1.86. The van der Waals surface area contributed by atoms with Crippen molar-refractivity contribution in [3.8, 4) is 5.75 Å². The fourth-order valence-electron chi connectivity index (χ4n) is 1.86. The molecule has 0 aromatic heterocycles. The zero-order valence-corrected chi connectivity index (χ0v) is 12.0. The Hall–Kier alpha value is -1.55. The summed E-state index contributed by atoms with van der Waals surface area (Å²) in [6.45, 7) is 4.60. The summed E-state index contributed by atoms with van der Waals surface area (Å²) in [4.78, 5) is 11.8. The number of rotatable bonds is 7. The van der Waals surface area contributed by atoms with E-state index >= 15 is 0 Å². The highest BCUT2D eigenvalue weighted by Gasteiger charge is 2.18.